The van der Waals surface area contributed by atoms with E-state index >= 15 is 0 Å². The molecular formula is C14H13BrN4O2S. The third-order valence-electron chi connectivity index (χ3n) is 3.40. The summed E-state index contributed by atoms with van der Waals surface area (Å²) in [7, 11) is 0. The van der Waals surface area contributed by atoms with Crippen LogP contribution in [0.25, 0.3) is 0 Å². The molecule has 0 aliphatic carbocycles. The van der Waals surface area contributed by atoms with Gasteiger partial charge in [-0.15, -0.1) is 0 Å². The molecule has 3 rings (SSSR count). The second-order valence-corrected chi connectivity index (χ2v) is 6.61. The van der Waals surface area contributed by atoms with Crippen LogP contribution in [0.1, 0.15) is 12.2 Å². The van der Waals surface area contributed by atoms with Crippen molar-refractivity contribution < 1.29 is 9.59 Å². The van der Waals surface area contributed by atoms with Crippen LogP contribution in [0.5, 0.6) is 0 Å². The van der Waals surface area contributed by atoms with Crippen LogP contribution in [0.2, 0.25) is 0 Å². The fourth-order valence-corrected chi connectivity index (χ4v) is 3.33. The van der Waals surface area contributed by atoms with Gasteiger partial charge in [0.1, 0.15) is 11.7 Å². The Balaban J connectivity index is 1.72. The van der Waals surface area contributed by atoms with Crippen LogP contribution in [0, 0.1) is 12.8 Å². The van der Waals surface area contributed by atoms with Gasteiger partial charge in [-0.1, -0.05) is 22.0 Å². The molecule has 0 bridgehead atoms. The van der Waals surface area contributed by atoms with Crippen molar-refractivity contribution in [3.05, 3.63) is 34.6 Å². The molecule has 2 aromatic rings. The largest absolute Gasteiger partial charge is 0.312 e. The molecule has 2 amide bonds. The number of benzene rings is 1. The Bertz CT molecular complexity index is 733. The number of carbonyl (C=O) groups is 2. The normalized spacial score (nSPS) is 17.8. The number of rotatable bonds is 3. The predicted octanol–water partition coefficient (Wildman–Crippen LogP) is 2.60. The van der Waals surface area contributed by atoms with Crippen LogP contribution in [-0.4, -0.2) is 27.7 Å². The van der Waals surface area contributed by atoms with E-state index in [2.05, 4.69) is 30.6 Å². The lowest BCUT2D eigenvalue weighted by atomic mass is 10.1. The monoisotopic (exact) mass is 380 g/mol. The zero-order valence-electron chi connectivity index (χ0n) is 11.7. The van der Waals surface area contributed by atoms with Crippen LogP contribution in [-0.2, 0) is 9.59 Å². The van der Waals surface area contributed by atoms with E-state index in [1.807, 2.05) is 24.3 Å². The van der Waals surface area contributed by atoms with Crippen molar-refractivity contribution in [3.63, 3.8) is 0 Å². The van der Waals surface area contributed by atoms with Gasteiger partial charge in [0, 0.05) is 28.2 Å². The first kappa shape index (κ1) is 15.1. The molecule has 1 aliphatic rings. The van der Waals surface area contributed by atoms with Crippen LogP contribution in [0.3, 0.4) is 0 Å². The summed E-state index contributed by atoms with van der Waals surface area (Å²) < 4.78 is 4.90. The van der Waals surface area contributed by atoms with E-state index in [9.17, 15) is 9.59 Å². The maximum absolute atomic E-state index is 12.5. The molecule has 8 heteroatoms. The second-order valence-electron chi connectivity index (χ2n) is 4.95. The first-order valence-electron chi connectivity index (χ1n) is 6.73. The van der Waals surface area contributed by atoms with E-state index < -0.39 is 5.92 Å². The fourth-order valence-electron chi connectivity index (χ4n) is 2.36. The molecule has 1 fully saturated rings. The molecule has 1 N–H and O–H groups in total. The molecule has 0 spiro atoms. The van der Waals surface area contributed by atoms with Crippen LogP contribution in [0.4, 0.5) is 10.8 Å². The highest BCUT2D eigenvalue weighted by molar-refractivity contribution is 9.10. The van der Waals surface area contributed by atoms with E-state index in [1.165, 1.54) is 0 Å². The van der Waals surface area contributed by atoms with Crippen molar-refractivity contribution >= 4 is 50.1 Å². The Hall–Kier alpha value is -1.80. The van der Waals surface area contributed by atoms with Gasteiger partial charge in [-0.2, -0.15) is 4.37 Å². The third kappa shape index (κ3) is 3.02. The molecule has 1 aromatic carbocycles. The number of aromatic nitrogens is 2. The average Bonchev–Trinajstić information content (AvgIpc) is 3.05. The number of carbonyl (C=O) groups excluding carboxylic acids is 2. The quantitative estimate of drug-likeness (QED) is 0.830. The number of anilines is 2. The second kappa shape index (κ2) is 6.13. The maximum atomic E-state index is 12.5. The molecule has 1 atom stereocenters. The number of nitrogens with one attached hydrogen (secondary N) is 1. The summed E-state index contributed by atoms with van der Waals surface area (Å²) in [6, 6.07) is 7.49. The summed E-state index contributed by atoms with van der Waals surface area (Å²) >= 11 is 4.50. The van der Waals surface area contributed by atoms with Crippen LogP contribution in [0.15, 0.2) is 28.7 Å². The maximum Gasteiger partial charge on any atom is 0.239 e. The number of amides is 2. The minimum absolute atomic E-state index is 0.183. The third-order valence-corrected chi connectivity index (χ3v) is 4.61. The number of nitrogens with zero attached hydrogens (tertiary/aromatic N) is 3. The molecule has 1 aliphatic heterocycles. The van der Waals surface area contributed by atoms with Gasteiger partial charge in [0.2, 0.25) is 16.9 Å². The highest BCUT2D eigenvalue weighted by atomic mass is 79.9. The predicted molar refractivity (Wildman–Crippen MR) is 87.9 cm³/mol. The zero-order chi connectivity index (χ0) is 15.7. The van der Waals surface area contributed by atoms with E-state index in [4.69, 9.17) is 0 Å². The van der Waals surface area contributed by atoms with Gasteiger partial charge < -0.3 is 10.2 Å². The molecule has 0 radical (unpaired) electrons. The van der Waals surface area contributed by atoms with Crippen LogP contribution < -0.4 is 10.2 Å². The topological polar surface area (TPSA) is 75.2 Å². The summed E-state index contributed by atoms with van der Waals surface area (Å²) in [5, 5.41) is 3.09. The van der Waals surface area contributed by atoms with E-state index in [1.54, 1.807) is 11.8 Å². The molecule has 0 saturated carbocycles. The number of hydrogen-bond acceptors (Lipinski definition) is 5. The minimum Gasteiger partial charge on any atom is -0.312 e. The van der Waals surface area contributed by atoms with Gasteiger partial charge >= 0.3 is 0 Å². The smallest absolute Gasteiger partial charge is 0.239 e. The van der Waals surface area contributed by atoms with Crippen molar-refractivity contribution in [1.82, 2.24) is 9.36 Å². The van der Waals surface area contributed by atoms with Gasteiger partial charge in [-0.05, 0) is 31.5 Å². The van der Waals surface area contributed by atoms with Crippen molar-refractivity contribution in [2.75, 3.05) is 16.8 Å². The summed E-state index contributed by atoms with van der Waals surface area (Å²) in [4.78, 5) is 30.4. The minimum atomic E-state index is -0.678. The highest BCUT2D eigenvalue weighted by Crippen LogP contribution is 2.28. The van der Waals surface area contributed by atoms with E-state index in [0.29, 0.717) is 23.9 Å². The van der Waals surface area contributed by atoms with Gasteiger partial charge in [0.25, 0.3) is 0 Å². The molecule has 1 saturated heterocycles. The van der Waals surface area contributed by atoms with Crippen molar-refractivity contribution in [3.8, 4) is 0 Å². The summed E-state index contributed by atoms with van der Waals surface area (Å²) in [6.07, 6.45) is 0.495. The Labute approximate surface area is 139 Å². The summed E-state index contributed by atoms with van der Waals surface area (Å²) in [5.41, 5.74) is 0.793. The Morgan fingerprint density at radius 3 is 3.00 bits per heavy atom. The standard InChI is InChI=1S/C14H13BrN4O2S/c1-8-16-14(22-18-8)17-12(20)11-5-6-19(13(11)21)10-4-2-3-9(15)7-10/h2-4,7,11H,5-6H2,1H3,(H,16,17,18,20)/t11-/m1/s1. The first-order valence-corrected chi connectivity index (χ1v) is 8.29. The summed E-state index contributed by atoms with van der Waals surface area (Å²) in [6.45, 7) is 2.28. The van der Waals surface area contributed by atoms with Gasteiger partial charge in [-0.3, -0.25) is 9.59 Å². The van der Waals surface area contributed by atoms with Gasteiger partial charge in [0.15, 0.2) is 0 Å². The Kier molecular flexibility index (Phi) is 4.21. The van der Waals surface area contributed by atoms with E-state index in [0.717, 1.165) is 21.7 Å². The molecule has 2 heterocycles. The van der Waals surface area contributed by atoms with Gasteiger partial charge in [-0.25, -0.2) is 4.98 Å². The molecule has 6 nitrogen and oxygen atoms in total. The molecule has 0 unspecified atom stereocenters. The van der Waals surface area contributed by atoms with Crippen molar-refractivity contribution in [1.29, 1.82) is 0 Å². The molecule has 1 aromatic heterocycles. The van der Waals surface area contributed by atoms with Gasteiger partial charge in [0.05, 0.1) is 0 Å². The molecule has 114 valence electrons. The summed E-state index contributed by atoms with van der Waals surface area (Å²) in [5.74, 6) is -0.576. The van der Waals surface area contributed by atoms with Crippen molar-refractivity contribution in [2.45, 2.75) is 13.3 Å². The molecular weight excluding hydrogens is 368 g/mol. The fraction of sp³-hybridized carbons (Fsp3) is 0.286. The van der Waals surface area contributed by atoms with E-state index in [-0.39, 0.29) is 11.8 Å². The highest BCUT2D eigenvalue weighted by Gasteiger charge is 2.37. The Morgan fingerprint density at radius 1 is 1.50 bits per heavy atom. The van der Waals surface area contributed by atoms with Crippen LogP contribution >= 0.6 is 27.5 Å². The number of aryl methyl sites for hydroxylation is 1. The number of hydrogen-bond donors (Lipinski definition) is 1. The number of halogens is 1. The zero-order valence-corrected chi connectivity index (χ0v) is 14.1. The Morgan fingerprint density at radius 2 is 2.32 bits per heavy atom. The van der Waals surface area contributed by atoms with Crippen molar-refractivity contribution in [2.24, 2.45) is 5.92 Å². The average molecular weight is 381 g/mol. The SMILES string of the molecule is Cc1nsc(NC(=O)[C@H]2CCN(c3cccc(Br)c3)C2=O)n1. The lowest BCUT2D eigenvalue weighted by molar-refractivity contribution is -0.129. The lowest BCUT2D eigenvalue weighted by Crippen LogP contribution is -2.33. The molecule has 22 heavy (non-hydrogen) atoms. The lowest BCUT2D eigenvalue weighted by Gasteiger charge is -2.16. The first-order chi connectivity index (χ1) is 10.5.